The number of thioether (sulfide) groups is 1. The fourth-order valence-electron chi connectivity index (χ4n) is 5.79. The van der Waals surface area contributed by atoms with Gasteiger partial charge in [0.25, 0.3) is 0 Å². The summed E-state index contributed by atoms with van der Waals surface area (Å²) in [7, 11) is 0. The minimum absolute atomic E-state index is 0.0678. The second-order valence-corrected chi connectivity index (χ2v) is 10.0. The summed E-state index contributed by atoms with van der Waals surface area (Å²) in [4.78, 5) is 34.2. The Morgan fingerprint density at radius 3 is 2.79 bits per heavy atom. The van der Waals surface area contributed by atoms with Crippen molar-refractivity contribution < 1.29 is 14.0 Å². The fourth-order valence-corrected chi connectivity index (χ4v) is 7.25. The molecule has 0 aliphatic carbocycles. The number of hydrogen-bond donors (Lipinski definition) is 1. The number of rotatable bonds is 3. The number of pyridine rings is 1. The van der Waals surface area contributed by atoms with Gasteiger partial charge in [-0.1, -0.05) is 23.7 Å². The van der Waals surface area contributed by atoms with Crippen molar-refractivity contribution in [1.82, 2.24) is 9.88 Å². The SMILES string of the molecule is O=C(c1cccnc1)[C@@H]1[C@@H](c2ccc(Cl)cc2)[C@H]2CSCN2[C@@]12C(=O)Nc1ccc(F)cc12. The van der Waals surface area contributed by atoms with Crippen LogP contribution in [0.15, 0.2) is 67.0 Å². The molecule has 1 amide bonds. The van der Waals surface area contributed by atoms with Gasteiger partial charge in [-0.05, 0) is 48.0 Å². The minimum atomic E-state index is -1.30. The molecule has 33 heavy (non-hydrogen) atoms. The molecule has 1 aromatic heterocycles. The van der Waals surface area contributed by atoms with Crippen LogP contribution in [0.1, 0.15) is 27.4 Å². The lowest BCUT2D eigenvalue weighted by molar-refractivity contribution is -0.127. The van der Waals surface area contributed by atoms with Gasteiger partial charge in [-0.15, -0.1) is 11.8 Å². The van der Waals surface area contributed by atoms with Crippen molar-refractivity contribution in [2.24, 2.45) is 5.92 Å². The molecule has 1 spiro atoms. The minimum Gasteiger partial charge on any atom is -0.324 e. The smallest absolute Gasteiger partial charge is 0.250 e. The van der Waals surface area contributed by atoms with Crippen molar-refractivity contribution in [3.63, 3.8) is 0 Å². The number of anilines is 1. The highest BCUT2D eigenvalue weighted by Crippen LogP contribution is 2.61. The molecule has 1 N–H and O–H groups in total. The topological polar surface area (TPSA) is 62.3 Å². The first kappa shape index (κ1) is 20.8. The monoisotopic (exact) mass is 479 g/mol. The van der Waals surface area contributed by atoms with E-state index in [0.29, 0.717) is 27.7 Å². The van der Waals surface area contributed by atoms with Gasteiger partial charge in [-0.2, -0.15) is 0 Å². The highest BCUT2D eigenvalue weighted by molar-refractivity contribution is 7.99. The third-order valence-electron chi connectivity index (χ3n) is 7.07. The lowest BCUT2D eigenvalue weighted by atomic mass is 9.69. The molecular weight excluding hydrogens is 461 g/mol. The van der Waals surface area contributed by atoms with Gasteiger partial charge in [0.15, 0.2) is 5.78 Å². The highest BCUT2D eigenvalue weighted by Gasteiger charge is 2.69. The van der Waals surface area contributed by atoms with E-state index in [2.05, 4.69) is 15.2 Å². The summed E-state index contributed by atoms with van der Waals surface area (Å²) in [5.74, 6) is -0.569. The summed E-state index contributed by atoms with van der Waals surface area (Å²) in [5, 5.41) is 3.54. The Labute approximate surface area is 199 Å². The van der Waals surface area contributed by atoms with E-state index in [-0.39, 0.29) is 23.7 Å². The molecule has 0 saturated carbocycles. The van der Waals surface area contributed by atoms with Crippen LogP contribution >= 0.6 is 23.4 Å². The number of carbonyl (C=O) groups excluding carboxylic acids is 2. The number of benzene rings is 2. The predicted molar refractivity (Wildman–Crippen MR) is 126 cm³/mol. The van der Waals surface area contributed by atoms with E-state index < -0.39 is 17.3 Å². The first-order chi connectivity index (χ1) is 16.0. The average molecular weight is 480 g/mol. The van der Waals surface area contributed by atoms with Crippen LogP contribution in [0.3, 0.4) is 0 Å². The lowest BCUT2D eigenvalue weighted by Gasteiger charge is -2.36. The van der Waals surface area contributed by atoms with Crippen molar-refractivity contribution in [1.29, 1.82) is 0 Å². The van der Waals surface area contributed by atoms with E-state index >= 15 is 0 Å². The molecule has 8 heteroatoms. The zero-order valence-corrected chi connectivity index (χ0v) is 18.9. The van der Waals surface area contributed by atoms with Gasteiger partial charge in [-0.3, -0.25) is 19.5 Å². The van der Waals surface area contributed by atoms with Crippen LogP contribution in [0.2, 0.25) is 5.02 Å². The molecule has 3 aliphatic rings. The molecule has 3 aromatic rings. The number of halogens is 2. The summed E-state index contributed by atoms with van der Waals surface area (Å²) in [5.41, 5.74) is 1.15. The van der Waals surface area contributed by atoms with Gasteiger partial charge < -0.3 is 5.32 Å². The second kappa shape index (κ2) is 7.65. The molecule has 5 nitrogen and oxygen atoms in total. The zero-order chi connectivity index (χ0) is 22.7. The Bertz CT molecular complexity index is 1270. The summed E-state index contributed by atoms with van der Waals surface area (Å²) < 4.78 is 14.5. The maximum absolute atomic E-state index is 14.5. The maximum atomic E-state index is 14.5. The van der Waals surface area contributed by atoms with Gasteiger partial charge >= 0.3 is 0 Å². The Hall–Kier alpha value is -2.74. The molecule has 166 valence electrons. The van der Waals surface area contributed by atoms with Crippen molar-refractivity contribution in [3.8, 4) is 0 Å². The van der Waals surface area contributed by atoms with Crippen LogP contribution in [0, 0.1) is 11.7 Å². The fraction of sp³-hybridized carbons (Fsp3) is 0.240. The van der Waals surface area contributed by atoms with Gasteiger partial charge in [0.2, 0.25) is 5.91 Å². The standard InChI is InChI=1S/C25H19ClFN3O2S/c26-16-5-3-14(4-6-16)21-20-12-33-13-30(20)25(22(21)23(31)15-2-1-9-28-11-15)18-10-17(27)7-8-19(18)29-24(25)32/h1-11,20-22H,12-13H2,(H,29,32)/t20-,21+,22+,25-/m1/s1. The third kappa shape index (κ3) is 2.92. The normalized spacial score (nSPS) is 28.1. The Morgan fingerprint density at radius 2 is 2.03 bits per heavy atom. The number of hydrogen-bond acceptors (Lipinski definition) is 5. The summed E-state index contributed by atoms with van der Waals surface area (Å²) >= 11 is 7.88. The Balaban J connectivity index is 1.63. The molecule has 0 bridgehead atoms. The Morgan fingerprint density at radius 1 is 1.21 bits per heavy atom. The van der Waals surface area contributed by atoms with Gasteiger partial charge in [0.05, 0.1) is 5.92 Å². The van der Waals surface area contributed by atoms with Crippen LogP contribution in [0.25, 0.3) is 0 Å². The number of Topliss-reactive ketones (excluding diaryl/α,β-unsaturated/α-hetero) is 1. The van der Waals surface area contributed by atoms with E-state index in [1.807, 2.05) is 24.3 Å². The Kier molecular flexibility index (Phi) is 4.83. The second-order valence-electron chi connectivity index (χ2n) is 8.61. The first-order valence-electron chi connectivity index (χ1n) is 10.7. The van der Waals surface area contributed by atoms with E-state index in [1.54, 1.807) is 36.2 Å². The molecule has 0 radical (unpaired) electrons. The van der Waals surface area contributed by atoms with Crippen LogP contribution in [0.4, 0.5) is 10.1 Å². The lowest BCUT2D eigenvalue weighted by Crippen LogP contribution is -2.52. The van der Waals surface area contributed by atoms with E-state index in [1.165, 1.54) is 18.3 Å². The van der Waals surface area contributed by atoms with Crippen LogP contribution in [0.5, 0.6) is 0 Å². The number of fused-ring (bicyclic) bond motifs is 4. The molecule has 3 aliphatic heterocycles. The van der Waals surface area contributed by atoms with Crippen LogP contribution in [-0.2, 0) is 10.3 Å². The summed E-state index contributed by atoms with van der Waals surface area (Å²) in [6, 6.07) is 15.2. The molecule has 4 atom stereocenters. The molecule has 2 aromatic carbocycles. The largest absolute Gasteiger partial charge is 0.324 e. The van der Waals surface area contributed by atoms with Gasteiger partial charge in [-0.25, -0.2) is 4.39 Å². The average Bonchev–Trinajstić information content (AvgIpc) is 3.48. The van der Waals surface area contributed by atoms with E-state index in [4.69, 9.17) is 11.6 Å². The number of amides is 1. The summed E-state index contributed by atoms with van der Waals surface area (Å²) in [6.07, 6.45) is 3.15. The number of nitrogens with zero attached hydrogens (tertiary/aromatic N) is 2. The van der Waals surface area contributed by atoms with Gasteiger partial charge in [0.1, 0.15) is 11.4 Å². The molecule has 4 heterocycles. The molecule has 2 fully saturated rings. The highest BCUT2D eigenvalue weighted by atomic mass is 35.5. The van der Waals surface area contributed by atoms with Crippen molar-refractivity contribution in [2.75, 3.05) is 16.9 Å². The number of aromatic nitrogens is 1. The predicted octanol–water partition coefficient (Wildman–Crippen LogP) is 4.69. The third-order valence-corrected chi connectivity index (χ3v) is 8.36. The molecular formula is C25H19ClFN3O2S. The molecule has 2 saturated heterocycles. The quantitative estimate of drug-likeness (QED) is 0.552. The van der Waals surface area contributed by atoms with Crippen LogP contribution in [-0.4, -0.2) is 39.2 Å². The zero-order valence-electron chi connectivity index (χ0n) is 17.4. The number of ketones is 1. The van der Waals surface area contributed by atoms with Crippen LogP contribution < -0.4 is 5.32 Å². The van der Waals surface area contributed by atoms with Gasteiger partial charge in [0, 0.05) is 57.8 Å². The number of nitrogens with one attached hydrogen (secondary N) is 1. The van der Waals surface area contributed by atoms with E-state index in [0.717, 1.165) is 11.3 Å². The number of carbonyl (C=O) groups is 2. The molecule has 0 unspecified atom stereocenters. The maximum Gasteiger partial charge on any atom is 0.250 e. The van der Waals surface area contributed by atoms with Crippen molar-refractivity contribution in [2.45, 2.75) is 17.5 Å². The molecule has 6 rings (SSSR count). The van der Waals surface area contributed by atoms with E-state index in [9.17, 15) is 14.0 Å². The van der Waals surface area contributed by atoms with Crippen molar-refractivity contribution >= 4 is 40.7 Å². The first-order valence-corrected chi connectivity index (χ1v) is 12.2. The van der Waals surface area contributed by atoms with Crippen molar-refractivity contribution in [3.05, 3.63) is 94.5 Å². The summed E-state index contributed by atoms with van der Waals surface area (Å²) in [6.45, 7) is 0.